The number of rotatable bonds is 23. The lowest BCUT2D eigenvalue weighted by molar-refractivity contribution is -0.136. The van der Waals surface area contributed by atoms with Crippen LogP contribution >= 0.6 is 0 Å². The Kier molecular flexibility index (Phi) is 18.6. The van der Waals surface area contributed by atoms with Crippen LogP contribution in [0.5, 0.6) is 11.5 Å². The number of carbonyl (C=O) groups is 2. The van der Waals surface area contributed by atoms with E-state index >= 15 is 0 Å². The van der Waals surface area contributed by atoms with Crippen LogP contribution in [-0.2, 0) is 35.6 Å². The highest BCUT2D eigenvalue weighted by Crippen LogP contribution is 2.32. The van der Waals surface area contributed by atoms with Gasteiger partial charge in [-0.3, -0.25) is 19.4 Å². The molecule has 8 nitrogen and oxygen atoms in total. The quantitative estimate of drug-likeness (QED) is 0.0436. The maximum atomic E-state index is 13.2. The van der Waals surface area contributed by atoms with E-state index < -0.39 is 0 Å². The van der Waals surface area contributed by atoms with Gasteiger partial charge in [-0.2, -0.15) is 0 Å². The van der Waals surface area contributed by atoms with Gasteiger partial charge in [-0.25, -0.2) is 0 Å². The summed E-state index contributed by atoms with van der Waals surface area (Å²) in [6, 6.07) is 33.4. The molecule has 4 aromatic carbocycles. The smallest absolute Gasteiger partial charge is 0.311 e. The molecule has 0 saturated heterocycles. The van der Waals surface area contributed by atoms with E-state index in [9.17, 15) is 19.8 Å². The number of carbonyl (C=O) groups excluding carboxylic acids is 2. The van der Waals surface area contributed by atoms with Crippen molar-refractivity contribution >= 4 is 11.9 Å². The van der Waals surface area contributed by atoms with Gasteiger partial charge < -0.3 is 19.7 Å². The van der Waals surface area contributed by atoms with Gasteiger partial charge in [0, 0.05) is 61.9 Å². The van der Waals surface area contributed by atoms with E-state index in [0.717, 1.165) is 35.3 Å². The first kappa shape index (κ1) is 46.4. The molecular formula is C50H68N2O6. The summed E-state index contributed by atoms with van der Waals surface area (Å²) in [5.41, 5.74) is 5.71. The number of ether oxygens (including phenoxy) is 2. The Morgan fingerprint density at radius 2 is 0.862 bits per heavy atom. The molecule has 0 aliphatic rings. The van der Waals surface area contributed by atoms with Gasteiger partial charge in [0.15, 0.2) is 0 Å². The average Bonchev–Trinajstić information content (AvgIpc) is 3.20. The molecule has 0 radical (unpaired) electrons. The monoisotopic (exact) mass is 793 g/mol. The van der Waals surface area contributed by atoms with E-state index in [0.29, 0.717) is 61.3 Å². The maximum absolute atomic E-state index is 13.2. The molecule has 2 atom stereocenters. The summed E-state index contributed by atoms with van der Waals surface area (Å²) in [6.45, 7) is 19.2. The van der Waals surface area contributed by atoms with Crippen molar-refractivity contribution < 1.29 is 29.3 Å². The molecule has 0 amide bonds. The topological polar surface area (TPSA) is 99.5 Å². The van der Waals surface area contributed by atoms with E-state index in [2.05, 4.69) is 114 Å². The molecule has 0 heterocycles. The molecule has 0 saturated carbocycles. The van der Waals surface area contributed by atoms with Crippen molar-refractivity contribution in [2.24, 2.45) is 0 Å². The summed E-state index contributed by atoms with van der Waals surface area (Å²) in [4.78, 5) is 31.4. The second kappa shape index (κ2) is 23.3. The van der Waals surface area contributed by atoms with E-state index in [1.165, 1.54) is 11.1 Å². The molecule has 314 valence electrons. The van der Waals surface area contributed by atoms with Crippen molar-refractivity contribution in [3.05, 3.63) is 130 Å². The maximum Gasteiger partial charge on any atom is 0.311 e. The van der Waals surface area contributed by atoms with Crippen molar-refractivity contribution in [2.75, 3.05) is 13.1 Å². The Morgan fingerprint density at radius 3 is 1.17 bits per heavy atom. The molecule has 0 aliphatic carbocycles. The summed E-state index contributed by atoms with van der Waals surface area (Å²) in [6.07, 6.45) is 2.53. The average molecular weight is 793 g/mol. The van der Waals surface area contributed by atoms with Gasteiger partial charge >= 0.3 is 11.9 Å². The van der Waals surface area contributed by atoms with Crippen LogP contribution in [0.1, 0.15) is 126 Å². The van der Waals surface area contributed by atoms with Crippen LogP contribution in [0.3, 0.4) is 0 Å². The lowest BCUT2D eigenvalue weighted by atomic mass is 9.89. The molecule has 0 bridgehead atoms. The molecule has 0 aliphatic heterocycles. The van der Waals surface area contributed by atoms with Gasteiger partial charge in [-0.05, 0) is 139 Å². The van der Waals surface area contributed by atoms with Crippen molar-refractivity contribution in [1.29, 1.82) is 0 Å². The number of hydrogen-bond acceptors (Lipinski definition) is 8. The molecule has 0 spiro atoms. The normalized spacial score (nSPS) is 12.9. The Bertz CT molecular complexity index is 1690. The fourth-order valence-corrected chi connectivity index (χ4v) is 7.97. The van der Waals surface area contributed by atoms with Gasteiger partial charge in [0.1, 0.15) is 11.5 Å². The third kappa shape index (κ3) is 14.2. The van der Waals surface area contributed by atoms with Crippen molar-refractivity contribution in [2.45, 2.75) is 143 Å². The first-order chi connectivity index (χ1) is 27.8. The van der Waals surface area contributed by atoms with E-state index in [1.807, 2.05) is 24.3 Å². The Balaban J connectivity index is 1.40. The predicted molar refractivity (Wildman–Crippen MR) is 234 cm³/mol. The number of aliphatic hydroxyl groups excluding tert-OH is 2. The number of esters is 2. The summed E-state index contributed by atoms with van der Waals surface area (Å²) >= 11 is 0. The number of nitrogens with zero attached hydrogens (tertiary/aromatic N) is 2. The second-order valence-electron chi connectivity index (χ2n) is 16.7. The Hall–Kier alpha value is -4.34. The van der Waals surface area contributed by atoms with Crippen LogP contribution in [-0.4, -0.2) is 69.2 Å². The number of aliphatic hydroxyl groups is 2. The molecule has 0 aromatic heterocycles. The first-order valence-corrected chi connectivity index (χ1v) is 21.3. The molecule has 0 fully saturated rings. The minimum absolute atomic E-state index is 0.104. The molecule has 2 N–H and O–H groups in total. The summed E-state index contributed by atoms with van der Waals surface area (Å²) in [5, 5.41) is 20.0. The lowest BCUT2D eigenvalue weighted by Gasteiger charge is -2.34. The standard InChI is InChI=1S/C50H68N2O6/c1-35(2)51(36(3)4)31-45(41-17-11-9-12-18-41)29-43-27-39(33-53)23-25-47(43)57-49(55)21-15-16-22-50(56)58-48-26-24-40(34-54)28-44(48)30-46(42-19-13-10-14-20-42)32-52(37(5)6)38(7)8/h9-14,17-20,23-28,35-38,45-46,53-54H,15-16,21-22,29-34H2,1-8H3. The highest BCUT2D eigenvalue weighted by molar-refractivity contribution is 5.74. The molecule has 58 heavy (non-hydrogen) atoms. The van der Waals surface area contributed by atoms with Gasteiger partial charge in [0.2, 0.25) is 0 Å². The Morgan fingerprint density at radius 1 is 0.517 bits per heavy atom. The fraction of sp³-hybridized carbons (Fsp3) is 0.480. The van der Waals surface area contributed by atoms with Crippen LogP contribution < -0.4 is 9.47 Å². The first-order valence-electron chi connectivity index (χ1n) is 21.3. The van der Waals surface area contributed by atoms with Gasteiger partial charge in [0.25, 0.3) is 0 Å². The zero-order chi connectivity index (χ0) is 42.2. The summed E-state index contributed by atoms with van der Waals surface area (Å²) in [5.74, 6) is 0.561. The third-order valence-corrected chi connectivity index (χ3v) is 11.1. The third-order valence-electron chi connectivity index (χ3n) is 11.1. The SMILES string of the molecule is CC(C)N(CC(Cc1cc(CO)ccc1OC(=O)CCCCC(=O)Oc1ccc(CO)cc1CC(CN(C(C)C)C(C)C)c1ccccc1)c1ccccc1)C(C)C. The zero-order valence-electron chi connectivity index (χ0n) is 36.2. The van der Waals surface area contributed by atoms with Crippen LogP contribution in [0.2, 0.25) is 0 Å². The lowest BCUT2D eigenvalue weighted by Crippen LogP contribution is -2.40. The van der Waals surface area contributed by atoms with E-state index in [4.69, 9.17) is 9.47 Å². The predicted octanol–water partition coefficient (Wildman–Crippen LogP) is 9.63. The minimum atomic E-state index is -0.362. The van der Waals surface area contributed by atoms with E-state index in [-0.39, 0.29) is 49.8 Å². The number of unbranched alkanes of at least 4 members (excludes halogenated alkanes) is 1. The summed E-state index contributed by atoms with van der Waals surface area (Å²) in [7, 11) is 0. The fourth-order valence-electron chi connectivity index (χ4n) is 7.97. The van der Waals surface area contributed by atoms with Gasteiger partial charge in [0.05, 0.1) is 13.2 Å². The van der Waals surface area contributed by atoms with Crippen molar-refractivity contribution in [3.63, 3.8) is 0 Å². The minimum Gasteiger partial charge on any atom is -0.426 e. The summed E-state index contributed by atoms with van der Waals surface area (Å²) < 4.78 is 12.0. The van der Waals surface area contributed by atoms with Crippen molar-refractivity contribution in [1.82, 2.24) is 9.80 Å². The molecule has 2 unspecified atom stereocenters. The van der Waals surface area contributed by atoms with Crippen LogP contribution in [0.15, 0.2) is 97.1 Å². The van der Waals surface area contributed by atoms with Crippen LogP contribution in [0.25, 0.3) is 0 Å². The second-order valence-corrected chi connectivity index (χ2v) is 16.7. The van der Waals surface area contributed by atoms with Crippen LogP contribution in [0.4, 0.5) is 0 Å². The number of hydrogen-bond donors (Lipinski definition) is 2. The van der Waals surface area contributed by atoms with Crippen molar-refractivity contribution in [3.8, 4) is 11.5 Å². The molecular weight excluding hydrogens is 725 g/mol. The van der Waals surface area contributed by atoms with E-state index in [1.54, 1.807) is 24.3 Å². The highest BCUT2D eigenvalue weighted by atomic mass is 16.5. The number of benzene rings is 4. The van der Waals surface area contributed by atoms with Crippen LogP contribution in [0, 0.1) is 0 Å². The molecule has 8 heteroatoms. The van der Waals surface area contributed by atoms with Gasteiger partial charge in [-0.15, -0.1) is 0 Å². The van der Waals surface area contributed by atoms with Gasteiger partial charge in [-0.1, -0.05) is 72.8 Å². The zero-order valence-corrected chi connectivity index (χ0v) is 36.2. The largest absolute Gasteiger partial charge is 0.426 e. The molecule has 4 aromatic rings. The Labute approximate surface area is 348 Å². The highest BCUT2D eigenvalue weighted by Gasteiger charge is 2.25. The molecule has 4 rings (SSSR count).